The maximum absolute atomic E-state index is 11.7. The second kappa shape index (κ2) is 10.4. The zero-order valence-electron chi connectivity index (χ0n) is 13.5. The first-order valence-electron chi connectivity index (χ1n) is 8.10. The number of nitrogens with zero attached hydrogens (tertiary/aromatic N) is 1. The summed E-state index contributed by atoms with van der Waals surface area (Å²) in [5, 5.41) is 0. The second-order valence-corrected chi connectivity index (χ2v) is 5.81. The van der Waals surface area contributed by atoms with E-state index >= 15 is 0 Å². The molecule has 0 N–H and O–H groups in total. The van der Waals surface area contributed by atoms with Crippen LogP contribution in [0.25, 0.3) is 0 Å². The molecule has 0 bridgehead atoms. The van der Waals surface area contributed by atoms with Crippen molar-refractivity contribution < 1.29 is 9.53 Å². The molecule has 0 unspecified atom stereocenters. The highest BCUT2D eigenvalue weighted by Crippen LogP contribution is 2.32. The Hall–Kier alpha value is -0.280. The number of carbonyl (C=O) groups is 1. The average molecular weight is 306 g/mol. The summed E-state index contributed by atoms with van der Waals surface area (Å²) in [5.41, 5.74) is -0.161. The lowest BCUT2D eigenvalue weighted by molar-refractivity contribution is -0.166. The lowest BCUT2D eigenvalue weighted by Gasteiger charge is -2.41. The summed E-state index contributed by atoms with van der Waals surface area (Å²) < 4.78 is 5.82. The first-order chi connectivity index (χ1) is 9.15. The molecule has 4 heteroatoms. The SMILES string of the molecule is CCCCN1CCC(CCCC)(OC(=O)CC)CC1.Cl. The van der Waals surface area contributed by atoms with Crippen molar-refractivity contribution in [2.45, 2.75) is 77.7 Å². The molecule has 0 atom stereocenters. The molecule has 20 heavy (non-hydrogen) atoms. The Morgan fingerprint density at radius 1 is 1.10 bits per heavy atom. The van der Waals surface area contributed by atoms with Crippen LogP contribution in [0.5, 0.6) is 0 Å². The number of likely N-dealkylation sites (tertiary alicyclic amines) is 1. The van der Waals surface area contributed by atoms with Gasteiger partial charge in [0, 0.05) is 19.5 Å². The van der Waals surface area contributed by atoms with Crippen LogP contribution in [0.4, 0.5) is 0 Å². The van der Waals surface area contributed by atoms with Gasteiger partial charge in [-0.15, -0.1) is 12.4 Å². The summed E-state index contributed by atoms with van der Waals surface area (Å²) in [6.07, 6.45) is 8.42. The van der Waals surface area contributed by atoms with Crippen molar-refractivity contribution in [2.24, 2.45) is 0 Å². The van der Waals surface area contributed by atoms with E-state index in [1.54, 1.807) is 0 Å². The monoisotopic (exact) mass is 305 g/mol. The first kappa shape index (κ1) is 19.7. The fourth-order valence-corrected chi connectivity index (χ4v) is 2.78. The molecule has 1 fully saturated rings. The number of hydrogen-bond donors (Lipinski definition) is 0. The van der Waals surface area contributed by atoms with Crippen LogP contribution in [-0.4, -0.2) is 36.1 Å². The standard InChI is InChI=1S/C16H31NO2.ClH/c1-4-7-9-16(19-15(18)6-3)10-13-17(14-11-16)12-8-5-2;/h4-14H2,1-3H3;1H. The van der Waals surface area contributed by atoms with Crippen molar-refractivity contribution in [3.8, 4) is 0 Å². The van der Waals surface area contributed by atoms with E-state index in [4.69, 9.17) is 4.74 Å². The van der Waals surface area contributed by atoms with Crippen molar-refractivity contribution in [2.75, 3.05) is 19.6 Å². The normalized spacial score (nSPS) is 18.4. The van der Waals surface area contributed by atoms with Gasteiger partial charge in [0.05, 0.1) is 0 Å². The largest absolute Gasteiger partial charge is 0.459 e. The van der Waals surface area contributed by atoms with Gasteiger partial charge in [-0.2, -0.15) is 0 Å². The Kier molecular flexibility index (Phi) is 10.3. The topological polar surface area (TPSA) is 29.5 Å². The third kappa shape index (κ3) is 6.45. The van der Waals surface area contributed by atoms with Gasteiger partial charge in [0.15, 0.2) is 0 Å². The van der Waals surface area contributed by atoms with Crippen LogP contribution >= 0.6 is 12.4 Å². The first-order valence-corrected chi connectivity index (χ1v) is 8.10. The van der Waals surface area contributed by atoms with E-state index in [2.05, 4.69) is 18.7 Å². The van der Waals surface area contributed by atoms with Gasteiger partial charge in [-0.05, 0) is 38.6 Å². The van der Waals surface area contributed by atoms with Crippen LogP contribution in [-0.2, 0) is 9.53 Å². The minimum absolute atomic E-state index is 0. The number of piperidine rings is 1. The maximum atomic E-state index is 11.7. The molecule has 1 aliphatic rings. The summed E-state index contributed by atoms with van der Waals surface area (Å²) in [4.78, 5) is 14.2. The number of halogens is 1. The molecule has 1 rings (SSSR count). The highest BCUT2D eigenvalue weighted by Gasteiger charge is 2.36. The fourth-order valence-electron chi connectivity index (χ4n) is 2.78. The van der Waals surface area contributed by atoms with Crippen LogP contribution in [0.3, 0.4) is 0 Å². The molecular weight excluding hydrogens is 274 g/mol. The Labute approximate surface area is 130 Å². The molecule has 0 aromatic rings. The molecule has 1 heterocycles. The van der Waals surface area contributed by atoms with Crippen LogP contribution < -0.4 is 0 Å². The van der Waals surface area contributed by atoms with E-state index in [0.29, 0.717) is 6.42 Å². The summed E-state index contributed by atoms with van der Waals surface area (Å²) in [5.74, 6) is -0.0295. The van der Waals surface area contributed by atoms with Gasteiger partial charge in [0.2, 0.25) is 0 Å². The van der Waals surface area contributed by atoms with Crippen molar-refractivity contribution in [3.63, 3.8) is 0 Å². The van der Waals surface area contributed by atoms with Gasteiger partial charge < -0.3 is 9.64 Å². The van der Waals surface area contributed by atoms with Crippen LogP contribution in [0, 0.1) is 0 Å². The number of hydrogen-bond acceptors (Lipinski definition) is 3. The van der Waals surface area contributed by atoms with Gasteiger partial charge in [0.1, 0.15) is 5.60 Å². The molecule has 0 aliphatic carbocycles. The van der Waals surface area contributed by atoms with E-state index in [-0.39, 0.29) is 24.0 Å². The molecule has 1 saturated heterocycles. The van der Waals surface area contributed by atoms with Crippen LogP contribution in [0.1, 0.15) is 72.1 Å². The molecule has 0 aromatic carbocycles. The average Bonchev–Trinajstić information content (AvgIpc) is 2.44. The predicted octanol–water partition coefficient (Wildman–Crippen LogP) is 4.19. The van der Waals surface area contributed by atoms with Gasteiger partial charge in [-0.3, -0.25) is 4.79 Å². The molecule has 120 valence electrons. The molecule has 0 amide bonds. The zero-order chi connectivity index (χ0) is 14.1. The molecule has 0 aromatic heterocycles. The van der Waals surface area contributed by atoms with Crippen molar-refractivity contribution in [3.05, 3.63) is 0 Å². The quantitative estimate of drug-likeness (QED) is 0.630. The maximum Gasteiger partial charge on any atom is 0.306 e. The number of ether oxygens (including phenoxy) is 1. The Balaban J connectivity index is 0.00000361. The van der Waals surface area contributed by atoms with Gasteiger partial charge >= 0.3 is 5.97 Å². The van der Waals surface area contributed by atoms with E-state index in [1.807, 2.05) is 6.92 Å². The molecule has 0 saturated carbocycles. The van der Waals surface area contributed by atoms with E-state index in [1.165, 1.54) is 25.8 Å². The molecule has 1 aliphatic heterocycles. The number of carbonyl (C=O) groups excluding carboxylic acids is 1. The number of unbranched alkanes of at least 4 members (excludes halogenated alkanes) is 2. The minimum atomic E-state index is -0.161. The highest BCUT2D eigenvalue weighted by atomic mass is 35.5. The third-order valence-electron chi connectivity index (χ3n) is 4.20. The van der Waals surface area contributed by atoms with Crippen molar-refractivity contribution >= 4 is 18.4 Å². The third-order valence-corrected chi connectivity index (χ3v) is 4.20. The molecule has 3 nitrogen and oxygen atoms in total. The van der Waals surface area contributed by atoms with E-state index < -0.39 is 0 Å². The fraction of sp³-hybridized carbons (Fsp3) is 0.938. The van der Waals surface area contributed by atoms with Gasteiger partial charge in [-0.1, -0.05) is 33.6 Å². The Morgan fingerprint density at radius 2 is 1.70 bits per heavy atom. The summed E-state index contributed by atoms with van der Waals surface area (Å²) >= 11 is 0. The van der Waals surface area contributed by atoms with Crippen molar-refractivity contribution in [1.82, 2.24) is 4.90 Å². The second-order valence-electron chi connectivity index (χ2n) is 5.81. The van der Waals surface area contributed by atoms with Crippen LogP contribution in [0.15, 0.2) is 0 Å². The van der Waals surface area contributed by atoms with E-state index in [9.17, 15) is 4.79 Å². The highest BCUT2D eigenvalue weighted by molar-refractivity contribution is 5.85. The summed E-state index contributed by atoms with van der Waals surface area (Å²) in [7, 11) is 0. The molecule has 0 spiro atoms. The summed E-state index contributed by atoms with van der Waals surface area (Å²) in [6.45, 7) is 9.68. The van der Waals surface area contributed by atoms with Gasteiger partial charge in [0.25, 0.3) is 0 Å². The molecular formula is C16H32ClNO2. The van der Waals surface area contributed by atoms with Crippen LogP contribution in [0.2, 0.25) is 0 Å². The van der Waals surface area contributed by atoms with Gasteiger partial charge in [-0.25, -0.2) is 0 Å². The lowest BCUT2D eigenvalue weighted by Crippen LogP contribution is -2.47. The minimum Gasteiger partial charge on any atom is -0.459 e. The summed E-state index contributed by atoms with van der Waals surface area (Å²) in [6, 6.07) is 0. The van der Waals surface area contributed by atoms with Crippen molar-refractivity contribution in [1.29, 1.82) is 0 Å². The smallest absolute Gasteiger partial charge is 0.306 e. The van der Waals surface area contributed by atoms with E-state index in [0.717, 1.165) is 38.8 Å². The zero-order valence-corrected chi connectivity index (χ0v) is 14.3. The molecule has 0 radical (unpaired) electrons. The lowest BCUT2D eigenvalue weighted by atomic mass is 9.86. The Morgan fingerprint density at radius 3 is 2.20 bits per heavy atom. The number of esters is 1. The Bertz CT molecular complexity index is 263. The number of rotatable bonds is 8. The predicted molar refractivity (Wildman–Crippen MR) is 86.5 cm³/mol.